The molecule has 150 valence electrons. The SMILES string of the molecule is CCCCc1cc(F)c(N2C(=O)C3=C[C@@H](O)CN3C2=O)cc1C(=O)OC(C)C. The fraction of sp³-hybridized carbons (Fsp3) is 0.450. The Morgan fingerprint density at radius 2 is 2.07 bits per heavy atom. The highest BCUT2D eigenvalue weighted by Gasteiger charge is 2.46. The number of esters is 1. The van der Waals surface area contributed by atoms with Gasteiger partial charge in [-0.1, -0.05) is 13.3 Å². The van der Waals surface area contributed by atoms with Crippen LogP contribution in [0.25, 0.3) is 0 Å². The maximum atomic E-state index is 14.8. The first-order valence-corrected chi connectivity index (χ1v) is 9.33. The Bertz CT molecular complexity index is 864. The number of nitrogens with zero attached hydrogens (tertiary/aromatic N) is 2. The monoisotopic (exact) mass is 390 g/mol. The van der Waals surface area contributed by atoms with Gasteiger partial charge in [-0.2, -0.15) is 0 Å². The van der Waals surface area contributed by atoms with Crippen molar-refractivity contribution in [3.63, 3.8) is 0 Å². The Morgan fingerprint density at radius 3 is 2.68 bits per heavy atom. The Balaban J connectivity index is 2.04. The van der Waals surface area contributed by atoms with Crippen molar-refractivity contribution in [1.82, 2.24) is 4.90 Å². The standard InChI is InChI=1S/C20H23FN2O5/c1-4-5-6-12-7-15(21)16(9-14(12)19(26)28-11(2)3)23-18(25)17-8-13(24)10-22(17)20(23)27/h7-9,11,13,24H,4-6,10H2,1-3H3/t13-/m1/s1. The number of carbonyl (C=O) groups excluding carboxylic acids is 3. The van der Waals surface area contributed by atoms with Crippen LogP contribution in [0.3, 0.4) is 0 Å². The zero-order valence-corrected chi connectivity index (χ0v) is 16.1. The number of benzene rings is 1. The summed E-state index contributed by atoms with van der Waals surface area (Å²) in [5.74, 6) is -2.13. The van der Waals surface area contributed by atoms with Crippen LogP contribution in [0.2, 0.25) is 0 Å². The fourth-order valence-electron chi connectivity index (χ4n) is 3.33. The van der Waals surface area contributed by atoms with E-state index in [0.29, 0.717) is 16.9 Å². The molecule has 0 radical (unpaired) electrons. The van der Waals surface area contributed by atoms with Crippen LogP contribution in [0.5, 0.6) is 0 Å². The van der Waals surface area contributed by atoms with Gasteiger partial charge in [-0.25, -0.2) is 18.9 Å². The number of rotatable bonds is 6. The predicted octanol–water partition coefficient (Wildman–Crippen LogP) is 2.76. The molecule has 0 aromatic heterocycles. The van der Waals surface area contributed by atoms with Crippen LogP contribution in [0.4, 0.5) is 14.9 Å². The normalized spacial score (nSPS) is 18.8. The van der Waals surface area contributed by atoms with Gasteiger partial charge in [0.05, 0.1) is 30.0 Å². The first-order valence-electron chi connectivity index (χ1n) is 9.33. The fourth-order valence-corrected chi connectivity index (χ4v) is 3.33. The second-order valence-electron chi connectivity index (χ2n) is 7.17. The number of anilines is 1. The average Bonchev–Trinajstić information content (AvgIpc) is 3.11. The molecule has 0 aliphatic carbocycles. The van der Waals surface area contributed by atoms with Crippen molar-refractivity contribution in [2.75, 3.05) is 11.4 Å². The summed E-state index contributed by atoms with van der Waals surface area (Å²) in [5.41, 5.74) is 0.331. The van der Waals surface area contributed by atoms with Gasteiger partial charge < -0.3 is 9.84 Å². The van der Waals surface area contributed by atoms with Crippen molar-refractivity contribution in [3.8, 4) is 0 Å². The van der Waals surface area contributed by atoms with Crippen molar-refractivity contribution < 1.29 is 28.6 Å². The van der Waals surface area contributed by atoms with Gasteiger partial charge in [0, 0.05) is 0 Å². The molecule has 2 heterocycles. The van der Waals surface area contributed by atoms with E-state index in [-0.39, 0.29) is 29.6 Å². The van der Waals surface area contributed by atoms with Gasteiger partial charge in [-0.3, -0.25) is 9.69 Å². The van der Waals surface area contributed by atoms with Crippen molar-refractivity contribution in [2.24, 2.45) is 0 Å². The quantitative estimate of drug-likeness (QED) is 0.596. The number of aryl methyl sites for hydroxylation is 1. The zero-order chi connectivity index (χ0) is 20.6. The molecule has 3 amide bonds. The highest BCUT2D eigenvalue weighted by molar-refractivity contribution is 6.27. The summed E-state index contributed by atoms with van der Waals surface area (Å²) in [4.78, 5) is 39.6. The van der Waals surface area contributed by atoms with Crippen LogP contribution in [-0.2, 0) is 16.0 Å². The van der Waals surface area contributed by atoms with Crippen LogP contribution in [0, 0.1) is 5.82 Å². The average molecular weight is 390 g/mol. The maximum absolute atomic E-state index is 14.8. The summed E-state index contributed by atoms with van der Waals surface area (Å²) in [6, 6.07) is 1.64. The molecule has 2 aliphatic rings. The molecule has 3 rings (SSSR count). The minimum absolute atomic E-state index is 0.0123. The van der Waals surface area contributed by atoms with Gasteiger partial charge in [-0.05, 0) is 50.5 Å². The molecule has 7 nitrogen and oxygen atoms in total. The first-order chi connectivity index (χ1) is 13.2. The maximum Gasteiger partial charge on any atom is 0.338 e. The number of carbonyl (C=O) groups is 3. The summed E-state index contributed by atoms with van der Waals surface area (Å²) in [6.07, 6.45) is 2.05. The van der Waals surface area contributed by atoms with E-state index < -0.39 is 29.8 Å². The summed E-state index contributed by atoms with van der Waals surface area (Å²) in [5, 5.41) is 9.63. The van der Waals surface area contributed by atoms with Crippen molar-refractivity contribution >= 4 is 23.6 Å². The van der Waals surface area contributed by atoms with E-state index in [1.807, 2.05) is 6.92 Å². The highest BCUT2D eigenvalue weighted by Crippen LogP contribution is 2.34. The largest absolute Gasteiger partial charge is 0.459 e. The number of ether oxygens (including phenoxy) is 1. The Kier molecular flexibility index (Phi) is 5.51. The second kappa shape index (κ2) is 7.71. The molecule has 0 spiro atoms. The third-order valence-electron chi connectivity index (χ3n) is 4.63. The van der Waals surface area contributed by atoms with Gasteiger partial charge in [0.2, 0.25) is 0 Å². The number of amides is 3. The van der Waals surface area contributed by atoms with E-state index in [1.54, 1.807) is 13.8 Å². The lowest BCUT2D eigenvalue weighted by atomic mass is 10.00. The van der Waals surface area contributed by atoms with Gasteiger partial charge in [-0.15, -0.1) is 0 Å². The Labute approximate surface area is 162 Å². The third-order valence-corrected chi connectivity index (χ3v) is 4.63. The minimum Gasteiger partial charge on any atom is -0.459 e. The lowest BCUT2D eigenvalue weighted by molar-refractivity contribution is -0.114. The van der Waals surface area contributed by atoms with Gasteiger partial charge in [0.15, 0.2) is 0 Å². The summed E-state index contributed by atoms with van der Waals surface area (Å²) >= 11 is 0. The summed E-state index contributed by atoms with van der Waals surface area (Å²) in [6.45, 7) is 5.32. The lowest BCUT2D eigenvalue weighted by Crippen LogP contribution is -2.35. The summed E-state index contributed by atoms with van der Waals surface area (Å²) < 4.78 is 20.1. The molecule has 1 atom stereocenters. The molecular formula is C20H23FN2O5. The van der Waals surface area contributed by atoms with E-state index in [1.165, 1.54) is 18.2 Å². The Morgan fingerprint density at radius 1 is 1.36 bits per heavy atom. The predicted molar refractivity (Wildman–Crippen MR) is 99.2 cm³/mol. The number of aliphatic hydroxyl groups excluding tert-OH is 1. The topological polar surface area (TPSA) is 87.2 Å². The summed E-state index contributed by atoms with van der Waals surface area (Å²) in [7, 11) is 0. The molecule has 0 saturated carbocycles. The molecule has 1 aromatic rings. The van der Waals surface area contributed by atoms with Crippen molar-refractivity contribution in [3.05, 3.63) is 40.8 Å². The van der Waals surface area contributed by atoms with E-state index in [9.17, 15) is 23.9 Å². The number of hydrogen-bond donors (Lipinski definition) is 1. The number of imide groups is 1. The number of unbranched alkanes of at least 4 members (excludes halogenated alkanes) is 1. The van der Waals surface area contributed by atoms with Crippen LogP contribution in [0.15, 0.2) is 23.9 Å². The van der Waals surface area contributed by atoms with Crippen LogP contribution >= 0.6 is 0 Å². The molecule has 1 saturated heterocycles. The molecule has 28 heavy (non-hydrogen) atoms. The molecule has 2 aliphatic heterocycles. The number of hydrogen-bond acceptors (Lipinski definition) is 5. The number of aliphatic hydroxyl groups is 1. The van der Waals surface area contributed by atoms with E-state index in [4.69, 9.17) is 4.74 Å². The van der Waals surface area contributed by atoms with Crippen molar-refractivity contribution in [2.45, 2.75) is 52.2 Å². The Hall–Kier alpha value is -2.74. The van der Waals surface area contributed by atoms with Crippen LogP contribution in [-0.4, -0.2) is 46.7 Å². The number of urea groups is 1. The molecule has 0 bridgehead atoms. The molecule has 1 fully saturated rings. The zero-order valence-electron chi connectivity index (χ0n) is 16.1. The highest BCUT2D eigenvalue weighted by atomic mass is 19.1. The number of fused-ring (bicyclic) bond motifs is 1. The van der Waals surface area contributed by atoms with Crippen LogP contribution in [0.1, 0.15) is 49.5 Å². The first kappa shape index (κ1) is 20.0. The molecule has 8 heteroatoms. The number of halogens is 1. The molecule has 1 N–H and O–H groups in total. The molecule has 0 unspecified atom stereocenters. The van der Waals surface area contributed by atoms with Crippen molar-refractivity contribution in [1.29, 1.82) is 0 Å². The van der Waals surface area contributed by atoms with E-state index in [0.717, 1.165) is 17.7 Å². The van der Waals surface area contributed by atoms with Gasteiger partial charge in [0.1, 0.15) is 11.5 Å². The van der Waals surface area contributed by atoms with Gasteiger partial charge in [0.25, 0.3) is 5.91 Å². The van der Waals surface area contributed by atoms with Crippen LogP contribution < -0.4 is 4.90 Å². The molecular weight excluding hydrogens is 367 g/mol. The minimum atomic E-state index is -0.928. The second-order valence-corrected chi connectivity index (χ2v) is 7.17. The van der Waals surface area contributed by atoms with Gasteiger partial charge >= 0.3 is 12.0 Å². The van der Waals surface area contributed by atoms with E-state index in [2.05, 4.69) is 0 Å². The smallest absolute Gasteiger partial charge is 0.338 e. The third kappa shape index (κ3) is 3.52. The molecule has 1 aromatic carbocycles. The lowest BCUT2D eigenvalue weighted by Gasteiger charge is -2.19. The van der Waals surface area contributed by atoms with E-state index >= 15 is 0 Å².